The molecule has 0 atom stereocenters. The SMILES string of the molecule is Cc1nc(CSc2nnnn2CCNC(C)C)cs1. The van der Waals surface area contributed by atoms with E-state index in [1.807, 2.05) is 11.6 Å². The summed E-state index contributed by atoms with van der Waals surface area (Å²) in [5.74, 6) is 0.808. The van der Waals surface area contributed by atoms with Crippen LogP contribution in [0.25, 0.3) is 0 Å². The van der Waals surface area contributed by atoms with Crippen molar-refractivity contribution in [3.05, 3.63) is 16.1 Å². The number of thioether (sulfide) groups is 1. The van der Waals surface area contributed by atoms with E-state index >= 15 is 0 Å². The summed E-state index contributed by atoms with van der Waals surface area (Å²) in [6.45, 7) is 7.91. The molecule has 0 fully saturated rings. The molecule has 0 saturated heterocycles. The molecule has 1 N–H and O–H groups in total. The predicted molar refractivity (Wildman–Crippen MR) is 77.4 cm³/mol. The highest BCUT2D eigenvalue weighted by atomic mass is 32.2. The summed E-state index contributed by atoms with van der Waals surface area (Å²) in [5, 5.41) is 19.2. The fraction of sp³-hybridized carbons (Fsp3) is 0.636. The summed E-state index contributed by atoms with van der Waals surface area (Å²) in [6.07, 6.45) is 0. The van der Waals surface area contributed by atoms with Gasteiger partial charge in [-0.15, -0.1) is 16.4 Å². The van der Waals surface area contributed by atoms with Gasteiger partial charge in [-0.2, -0.15) is 0 Å². The highest BCUT2D eigenvalue weighted by molar-refractivity contribution is 7.98. The Morgan fingerprint density at radius 3 is 3.00 bits per heavy atom. The van der Waals surface area contributed by atoms with Crippen molar-refractivity contribution in [2.75, 3.05) is 6.54 Å². The molecule has 8 heteroatoms. The summed E-state index contributed by atoms with van der Waals surface area (Å²) in [7, 11) is 0. The zero-order chi connectivity index (χ0) is 13.7. The highest BCUT2D eigenvalue weighted by Crippen LogP contribution is 2.20. The van der Waals surface area contributed by atoms with Gasteiger partial charge >= 0.3 is 0 Å². The van der Waals surface area contributed by atoms with Gasteiger partial charge in [-0.3, -0.25) is 0 Å². The highest BCUT2D eigenvalue weighted by Gasteiger charge is 2.08. The number of rotatable bonds is 7. The number of hydrogen-bond donors (Lipinski definition) is 1. The van der Waals surface area contributed by atoms with Crippen LogP contribution in [0.4, 0.5) is 0 Å². The Balaban J connectivity index is 1.85. The van der Waals surface area contributed by atoms with E-state index in [0.717, 1.165) is 34.7 Å². The van der Waals surface area contributed by atoms with Crippen molar-refractivity contribution in [3.8, 4) is 0 Å². The van der Waals surface area contributed by atoms with Gasteiger partial charge in [0.2, 0.25) is 5.16 Å². The summed E-state index contributed by atoms with van der Waals surface area (Å²) < 4.78 is 1.83. The molecule has 2 aromatic rings. The van der Waals surface area contributed by atoms with Crippen LogP contribution in [-0.4, -0.2) is 37.8 Å². The zero-order valence-corrected chi connectivity index (χ0v) is 13.0. The maximum absolute atomic E-state index is 4.43. The van der Waals surface area contributed by atoms with Crippen LogP contribution in [0.1, 0.15) is 24.5 Å². The average molecular weight is 298 g/mol. The van der Waals surface area contributed by atoms with E-state index < -0.39 is 0 Å². The molecule has 0 unspecified atom stereocenters. The molecular formula is C11H18N6S2. The Hall–Kier alpha value is -0.990. The summed E-state index contributed by atoms with van der Waals surface area (Å²) in [4.78, 5) is 4.43. The van der Waals surface area contributed by atoms with Gasteiger partial charge in [0.15, 0.2) is 0 Å². The van der Waals surface area contributed by atoms with Crippen LogP contribution in [0.3, 0.4) is 0 Å². The number of nitrogens with one attached hydrogen (secondary N) is 1. The van der Waals surface area contributed by atoms with Gasteiger partial charge in [0.1, 0.15) is 0 Å². The Labute approximate surface area is 121 Å². The average Bonchev–Trinajstić information content (AvgIpc) is 2.95. The smallest absolute Gasteiger partial charge is 0.209 e. The van der Waals surface area contributed by atoms with Gasteiger partial charge in [0, 0.05) is 23.7 Å². The molecule has 19 heavy (non-hydrogen) atoms. The van der Waals surface area contributed by atoms with Gasteiger partial charge in [-0.05, 0) is 17.4 Å². The molecule has 0 spiro atoms. The van der Waals surface area contributed by atoms with E-state index in [-0.39, 0.29) is 0 Å². The molecule has 0 aliphatic heterocycles. The molecule has 2 heterocycles. The second-order valence-corrected chi connectivity index (χ2v) is 6.44. The van der Waals surface area contributed by atoms with Crippen LogP contribution >= 0.6 is 23.1 Å². The largest absolute Gasteiger partial charge is 0.313 e. The van der Waals surface area contributed by atoms with Gasteiger partial charge < -0.3 is 5.32 Å². The van der Waals surface area contributed by atoms with E-state index in [2.05, 4.69) is 45.1 Å². The first-order chi connectivity index (χ1) is 9.15. The maximum atomic E-state index is 4.43. The summed E-state index contributed by atoms with van der Waals surface area (Å²) in [5.41, 5.74) is 1.09. The molecule has 0 saturated carbocycles. The lowest BCUT2D eigenvalue weighted by Crippen LogP contribution is -2.27. The minimum absolute atomic E-state index is 0.477. The number of tetrazole rings is 1. The molecule has 0 bridgehead atoms. The van der Waals surface area contributed by atoms with Crippen LogP contribution in [0.5, 0.6) is 0 Å². The lowest BCUT2D eigenvalue weighted by molar-refractivity contribution is 0.485. The number of nitrogens with zero attached hydrogens (tertiary/aromatic N) is 5. The molecule has 6 nitrogen and oxygen atoms in total. The van der Waals surface area contributed by atoms with Crippen LogP contribution in [0.15, 0.2) is 10.5 Å². The second kappa shape index (κ2) is 6.97. The number of hydrogen-bond acceptors (Lipinski definition) is 7. The molecule has 0 amide bonds. The van der Waals surface area contributed by atoms with E-state index in [1.54, 1.807) is 23.1 Å². The van der Waals surface area contributed by atoms with E-state index in [1.165, 1.54) is 0 Å². The fourth-order valence-corrected chi connectivity index (χ4v) is 3.03. The van der Waals surface area contributed by atoms with Crippen molar-refractivity contribution >= 4 is 23.1 Å². The van der Waals surface area contributed by atoms with Crippen molar-refractivity contribution in [3.63, 3.8) is 0 Å². The lowest BCUT2D eigenvalue weighted by Gasteiger charge is -2.08. The van der Waals surface area contributed by atoms with Crippen molar-refractivity contribution in [1.29, 1.82) is 0 Å². The van der Waals surface area contributed by atoms with Gasteiger partial charge in [0.05, 0.1) is 17.2 Å². The zero-order valence-electron chi connectivity index (χ0n) is 11.3. The normalized spacial score (nSPS) is 11.4. The standard InChI is InChI=1S/C11H18N6S2/c1-8(2)12-4-5-17-11(14-15-16-17)19-7-10-6-18-9(3)13-10/h6,8,12H,4-5,7H2,1-3H3. The van der Waals surface area contributed by atoms with Gasteiger partial charge in [-0.25, -0.2) is 9.67 Å². The van der Waals surface area contributed by atoms with Gasteiger partial charge in [-0.1, -0.05) is 25.6 Å². The third kappa shape index (κ3) is 4.55. The van der Waals surface area contributed by atoms with Crippen molar-refractivity contribution in [2.24, 2.45) is 0 Å². The Bertz CT molecular complexity index is 507. The molecule has 2 rings (SSSR count). The second-order valence-electron chi connectivity index (χ2n) is 4.44. The van der Waals surface area contributed by atoms with Crippen molar-refractivity contribution in [1.82, 2.24) is 30.5 Å². The Morgan fingerprint density at radius 1 is 1.47 bits per heavy atom. The third-order valence-corrected chi connectivity index (χ3v) is 4.20. The molecular weight excluding hydrogens is 280 g/mol. The van der Waals surface area contributed by atoms with Crippen molar-refractivity contribution < 1.29 is 0 Å². The van der Waals surface area contributed by atoms with E-state index in [4.69, 9.17) is 0 Å². The first-order valence-electron chi connectivity index (χ1n) is 6.18. The monoisotopic (exact) mass is 298 g/mol. The van der Waals surface area contributed by atoms with Crippen molar-refractivity contribution in [2.45, 2.75) is 44.3 Å². The van der Waals surface area contributed by atoms with E-state index in [0.29, 0.717) is 6.04 Å². The first kappa shape index (κ1) is 14.4. The molecule has 2 aromatic heterocycles. The minimum Gasteiger partial charge on any atom is -0.313 e. The number of thiazole rings is 1. The first-order valence-corrected chi connectivity index (χ1v) is 8.05. The summed E-state index contributed by atoms with van der Waals surface area (Å²) >= 11 is 3.29. The van der Waals surface area contributed by atoms with Crippen LogP contribution in [-0.2, 0) is 12.3 Å². The lowest BCUT2D eigenvalue weighted by atomic mass is 10.4. The molecule has 0 aliphatic carbocycles. The topological polar surface area (TPSA) is 68.5 Å². The molecule has 0 aromatic carbocycles. The fourth-order valence-electron chi connectivity index (χ4n) is 1.51. The van der Waals surface area contributed by atoms with Crippen LogP contribution < -0.4 is 5.32 Å². The molecule has 104 valence electrons. The maximum Gasteiger partial charge on any atom is 0.209 e. The third-order valence-electron chi connectivity index (χ3n) is 2.39. The number of aromatic nitrogens is 5. The minimum atomic E-state index is 0.477. The van der Waals surface area contributed by atoms with E-state index in [9.17, 15) is 0 Å². The predicted octanol–water partition coefficient (Wildman–Crippen LogP) is 1.73. The Morgan fingerprint density at radius 2 is 2.32 bits per heavy atom. The quantitative estimate of drug-likeness (QED) is 0.785. The summed E-state index contributed by atoms with van der Waals surface area (Å²) in [6, 6.07) is 0.477. The molecule has 0 radical (unpaired) electrons. The van der Waals surface area contributed by atoms with Crippen LogP contribution in [0.2, 0.25) is 0 Å². The van der Waals surface area contributed by atoms with Gasteiger partial charge in [0.25, 0.3) is 0 Å². The molecule has 0 aliphatic rings. The number of aryl methyl sites for hydroxylation is 1. The Kier molecular flexibility index (Phi) is 5.29. The van der Waals surface area contributed by atoms with Crippen LogP contribution in [0, 0.1) is 6.92 Å².